The lowest BCUT2D eigenvalue weighted by Gasteiger charge is -2.30. The van der Waals surface area contributed by atoms with Crippen molar-refractivity contribution in [2.24, 2.45) is 0 Å². The van der Waals surface area contributed by atoms with Crippen molar-refractivity contribution in [3.8, 4) is 0 Å². The molecule has 0 aromatic heterocycles. The molecule has 1 aromatic rings. The van der Waals surface area contributed by atoms with Gasteiger partial charge in [-0.1, -0.05) is 24.4 Å². The van der Waals surface area contributed by atoms with E-state index in [1.165, 1.54) is 25.3 Å². The normalized spacial score (nSPS) is 20.6. The Labute approximate surface area is 112 Å². The zero-order valence-electron chi connectivity index (χ0n) is 10.5. The van der Waals surface area contributed by atoms with Gasteiger partial charge in [-0.05, 0) is 38.0 Å². The number of carboxylic acids is 1. The number of benzene rings is 1. The monoisotopic (exact) mass is 267 g/mol. The topological polar surface area (TPSA) is 40.5 Å². The Balaban J connectivity index is 2.29. The van der Waals surface area contributed by atoms with Crippen molar-refractivity contribution >= 4 is 23.3 Å². The summed E-state index contributed by atoms with van der Waals surface area (Å²) in [4.78, 5) is 13.2. The van der Waals surface area contributed by atoms with Gasteiger partial charge in [-0.15, -0.1) is 0 Å². The van der Waals surface area contributed by atoms with Gasteiger partial charge in [0.2, 0.25) is 0 Å². The summed E-state index contributed by atoms with van der Waals surface area (Å²) in [5.74, 6) is -0.938. The maximum atomic E-state index is 10.9. The molecule has 0 amide bonds. The fraction of sp³-hybridized carbons (Fsp3) is 0.500. The minimum Gasteiger partial charge on any atom is -0.478 e. The summed E-state index contributed by atoms with van der Waals surface area (Å²) in [6, 6.07) is 5.45. The summed E-state index contributed by atoms with van der Waals surface area (Å²) in [5, 5.41) is 9.47. The van der Waals surface area contributed by atoms with E-state index < -0.39 is 5.97 Å². The van der Waals surface area contributed by atoms with Gasteiger partial charge in [0.15, 0.2) is 0 Å². The second kappa shape index (κ2) is 5.61. The summed E-state index contributed by atoms with van der Waals surface area (Å²) in [6.45, 7) is 3.19. The zero-order valence-corrected chi connectivity index (χ0v) is 11.3. The number of carboxylic acid groups (broad SMARTS) is 1. The Morgan fingerprint density at radius 1 is 1.39 bits per heavy atom. The van der Waals surface area contributed by atoms with Crippen LogP contribution in [0.3, 0.4) is 0 Å². The van der Waals surface area contributed by atoms with Crippen LogP contribution < -0.4 is 4.90 Å². The Morgan fingerprint density at radius 3 is 2.83 bits per heavy atom. The first kappa shape index (κ1) is 13.2. The van der Waals surface area contributed by atoms with E-state index >= 15 is 0 Å². The minimum absolute atomic E-state index is 0.242. The van der Waals surface area contributed by atoms with Crippen LogP contribution in [-0.4, -0.2) is 23.7 Å². The fourth-order valence-corrected chi connectivity index (χ4v) is 2.79. The molecule has 1 unspecified atom stereocenters. The molecular formula is C14H18ClNO2. The average molecular weight is 268 g/mol. The maximum Gasteiger partial charge on any atom is 0.335 e. The Morgan fingerprint density at radius 2 is 2.17 bits per heavy atom. The van der Waals surface area contributed by atoms with E-state index in [9.17, 15) is 4.79 Å². The van der Waals surface area contributed by atoms with Crippen LogP contribution in [0.1, 0.15) is 43.0 Å². The van der Waals surface area contributed by atoms with E-state index in [-0.39, 0.29) is 5.56 Å². The molecule has 1 fully saturated rings. The molecule has 0 bridgehead atoms. The molecule has 0 radical (unpaired) electrons. The molecule has 3 nitrogen and oxygen atoms in total. The van der Waals surface area contributed by atoms with Crippen molar-refractivity contribution in [1.29, 1.82) is 0 Å². The third-order valence-corrected chi connectivity index (χ3v) is 3.86. The molecule has 2 rings (SSSR count). The lowest BCUT2D eigenvalue weighted by atomic mass is 10.1. The first-order valence-corrected chi connectivity index (χ1v) is 6.77. The maximum absolute atomic E-state index is 10.9. The third-order valence-electron chi connectivity index (χ3n) is 3.56. The van der Waals surface area contributed by atoms with E-state index in [1.807, 2.05) is 6.07 Å². The summed E-state index contributed by atoms with van der Waals surface area (Å²) in [5.41, 5.74) is 1.20. The highest BCUT2D eigenvalue weighted by Crippen LogP contribution is 2.31. The molecule has 1 N–H and O–H groups in total. The molecule has 0 spiro atoms. The number of carbonyl (C=O) groups is 1. The van der Waals surface area contributed by atoms with E-state index in [1.54, 1.807) is 6.07 Å². The summed E-state index contributed by atoms with van der Waals surface area (Å²) in [7, 11) is 0. The molecule has 0 saturated carbocycles. The minimum atomic E-state index is -0.938. The van der Waals surface area contributed by atoms with Crippen molar-refractivity contribution in [3.63, 3.8) is 0 Å². The van der Waals surface area contributed by atoms with Gasteiger partial charge in [-0.3, -0.25) is 0 Å². The number of anilines is 1. The van der Waals surface area contributed by atoms with Crippen molar-refractivity contribution in [2.75, 3.05) is 11.4 Å². The van der Waals surface area contributed by atoms with E-state index in [0.29, 0.717) is 11.1 Å². The summed E-state index contributed by atoms with van der Waals surface area (Å²) in [6.07, 6.45) is 4.84. The number of aromatic carboxylic acids is 1. The largest absolute Gasteiger partial charge is 0.478 e. The van der Waals surface area contributed by atoms with Gasteiger partial charge < -0.3 is 10.0 Å². The quantitative estimate of drug-likeness (QED) is 0.886. The van der Waals surface area contributed by atoms with Crippen LogP contribution in [0.25, 0.3) is 0 Å². The average Bonchev–Trinajstić information content (AvgIpc) is 2.54. The molecule has 98 valence electrons. The highest BCUT2D eigenvalue weighted by molar-refractivity contribution is 6.33. The Bertz CT molecular complexity index is 447. The predicted molar refractivity (Wildman–Crippen MR) is 73.7 cm³/mol. The highest BCUT2D eigenvalue weighted by Gasteiger charge is 2.20. The van der Waals surface area contributed by atoms with E-state index in [4.69, 9.17) is 16.7 Å². The van der Waals surface area contributed by atoms with Crippen LogP contribution in [0.5, 0.6) is 0 Å². The predicted octanol–water partition coefficient (Wildman–Crippen LogP) is 3.81. The van der Waals surface area contributed by atoms with Crippen molar-refractivity contribution in [1.82, 2.24) is 0 Å². The zero-order chi connectivity index (χ0) is 13.1. The second-order valence-electron chi connectivity index (χ2n) is 4.86. The molecule has 1 heterocycles. The van der Waals surface area contributed by atoms with Crippen LogP contribution in [0.4, 0.5) is 5.69 Å². The molecule has 1 saturated heterocycles. The lowest BCUT2D eigenvalue weighted by Crippen LogP contribution is -2.32. The smallest absolute Gasteiger partial charge is 0.335 e. The molecule has 0 aliphatic carbocycles. The molecule has 1 aromatic carbocycles. The van der Waals surface area contributed by atoms with E-state index in [2.05, 4.69) is 11.8 Å². The molecular weight excluding hydrogens is 250 g/mol. The Hall–Kier alpha value is -1.22. The summed E-state index contributed by atoms with van der Waals surface area (Å²) < 4.78 is 0. The standard InChI is InChI=1S/C14H18ClNO2/c1-10-5-3-2-4-8-16(10)13-7-6-11(14(17)18)9-12(13)15/h6-7,9-10H,2-5,8H2,1H3,(H,17,18). The molecule has 18 heavy (non-hydrogen) atoms. The first-order valence-electron chi connectivity index (χ1n) is 6.39. The van der Waals surface area contributed by atoms with Crippen molar-refractivity contribution < 1.29 is 9.90 Å². The van der Waals surface area contributed by atoms with Gasteiger partial charge in [0.1, 0.15) is 0 Å². The highest BCUT2D eigenvalue weighted by atomic mass is 35.5. The van der Waals surface area contributed by atoms with Crippen LogP contribution >= 0.6 is 11.6 Å². The number of rotatable bonds is 2. The van der Waals surface area contributed by atoms with Crippen LogP contribution in [-0.2, 0) is 0 Å². The molecule has 4 heteroatoms. The van der Waals surface area contributed by atoms with Crippen LogP contribution in [0, 0.1) is 0 Å². The Kier molecular flexibility index (Phi) is 4.12. The van der Waals surface area contributed by atoms with E-state index in [0.717, 1.165) is 18.7 Å². The van der Waals surface area contributed by atoms with Crippen LogP contribution in [0.15, 0.2) is 18.2 Å². The van der Waals surface area contributed by atoms with Gasteiger partial charge in [0, 0.05) is 12.6 Å². The van der Waals surface area contributed by atoms with Gasteiger partial charge in [0.25, 0.3) is 0 Å². The molecule has 1 aliphatic rings. The molecule has 1 aliphatic heterocycles. The SMILES string of the molecule is CC1CCCCCN1c1ccc(C(=O)O)cc1Cl. The van der Waals surface area contributed by atoms with Gasteiger partial charge in [-0.2, -0.15) is 0 Å². The fourth-order valence-electron chi connectivity index (χ4n) is 2.51. The summed E-state index contributed by atoms with van der Waals surface area (Å²) >= 11 is 6.22. The number of hydrogen-bond donors (Lipinski definition) is 1. The first-order chi connectivity index (χ1) is 8.59. The number of hydrogen-bond acceptors (Lipinski definition) is 2. The van der Waals surface area contributed by atoms with Crippen LogP contribution in [0.2, 0.25) is 5.02 Å². The second-order valence-corrected chi connectivity index (χ2v) is 5.27. The number of halogens is 1. The third kappa shape index (κ3) is 2.78. The molecule has 1 atom stereocenters. The van der Waals surface area contributed by atoms with Crippen molar-refractivity contribution in [2.45, 2.75) is 38.6 Å². The van der Waals surface area contributed by atoms with Gasteiger partial charge in [-0.25, -0.2) is 4.79 Å². The van der Waals surface area contributed by atoms with Gasteiger partial charge in [0.05, 0.1) is 16.3 Å². The van der Waals surface area contributed by atoms with Gasteiger partial charge >= 0.3 is 5.97 Å². The number of nitrogens with zero attached hydrogens (tertiary/aromatic N) is 1. The van der Waals surface area contributed by atoms with Crippen molar-refractivity contribution in [3.05, 3.63) is 28.8 Å². The lowest BCUT2D eigenvalue weighted by molar-refractivity contribution is 0.0697.